The van der Waals surface area contributed by atoms with Crippen LogP contribution in [0, 0.1) is 6.92 Å². The van der Waals surface area contributed by atoms with Gasteiger partial charge in [0.25, 0.3) is 0 Å². The molecule has 0 saturated carbocycles. The zero-order valence-electron chi connectivity index (χ0n) is 32.5. The van der Waals surface area contributed by atoms with Crippen molar-refractivity contribution in [3.63, 3.8) is 0 Å². The molecule has 9 aromatic carbocycles. The van der Waals surface area contributed by atoms with Crippen LogP contribution in [0.3, 0.4) is 0 Å². The number of aryl methyl sites for hydroxylation is 1. The van der Waals surface area contributed by atoms with E-state index in [1.54, 1.807) is 8.93 Å². The van der Waals surface area contributed by atoms with E-state index in [2.05, 4.69) is 233 Å². The summed E-state index contributed by atoms with van der Waals surface area (Å²) in [6.45, 7) is 7.02. The summed E-state index contributed by atoms with van der Waals surface area (Å²) in [7, 11) is 1.75. The number of rotatable bonds is 6. The van der Waals surface area contributed by atoms with E-state index in [9.17, 15) is 0 Å². The molecule has 2 nitrogen and oxygen atoms in total. The molecule has 0 fully saturated rings. The quantitative estimate of drug-likeness (QED) is 0.154. The lowest BCUT2D eigenvalue weighted by molar-refractivity contribution is 0.660. The smallest absolute Gasteiger partial charge is 0.0543 e. The van der Waals surface area contributed by atoms with Gasteiger partial charge in [-0.2, -0.15) is 0 Å². The maximum Gasteiger partial charge on any atom is 0.0543 e. The SMILES string of the molecule is Cc1ccc2c(c1)c1cc(-c3ccccc3)ccc1n2-c1ccc2c(c1)C(C)(C)c1cc(N(c3ccc(SI)cc3)c3cccc4ccccc34)c3ccccc3c1-2. The predicted octanol–water partition coefficient (Wildman–Crippen LogP) is 16.3. The van der Waals surface area contributed by atoms with Crippen molar-refractivity contribution in [2.75, 3.05) is 4.90 Å². The highest BCUT2D eigenvalue weighted by Gasteiger charge is 2.38. The van der Waals surface area contributed by atoms with E-state index in [0.717, 1.165) is 5.69 Å². The lowest BCUT2D eigenvalue weighted by Crippen LogP contribution is -2.17. The monoisotopic (exact) mass is 874 g/mol. The van der Waals surface area contributed by atoms with Crippen molar-refractivity contribution < 1.29 is 0 Å². The molecule has 1 heterocycles. The van der Waals surface area contributed by atoms with E-state index < -0.39 is 0 Å². The van der Waals surface area contributed by atoms with Gasteiger partial charge in [0.15, 0.2) is 0 Å². The Bertz CT molecular complexity index is 3250. The molecule has 0 N–H and O–H groups in total. The van der Waals surface area contributed by atoms with Crippen molar-refractivity contribution >= 4 is 90.6 Å². The van der Waals surface area contributed by atoms with Crippen molar-refractivity contribution in [1.82, 2.24) is 4.57 Å². The zero-order valence-corrected chi connectivity index (χ0v) is 35.5. The highest BCUT2D eigenvalue weighted by molar-refractivity contribution is 14.2. The Balaban J connectivity index is 1.12. The summed E-state index contributed by atoms with van der Waals surface area (Å²) in [6, 6.07) is 67.7. The van der Waals surface area contributed by atoms with E-state index in [1.807, 2.05) is 0 Å². The normalized spacial score (nSPS) is 13.0. The Morgan fingerprint density at radius 1 is 0.517 bits per heavy atom. The van der Waals surface area contributed by atoms with Crippen LogP contribution >= 0.6 is 30.1 Å². The van der Waals surface area contributed by atoms with Gasteiger partial charge in [-0.25, -0.2) is 0 Å². The summed E-state index contributed by atoms with van der Waals surface area (Å²) in [6.07, 6.45) is 0. The number of halogens is 1. The number of fused-ring (bicyclic) bond motifs is 9. The first kappa shape index (κ1) is 35.4. The second kappa shape index (κ2) is 13.6. The molecule has 1 aliphatic carbocycles. The fraction of sp³-hybridized carbons (Fsp3) is 0.0741. The lowest BCUT2D eigenvalue weighted by Gasteiger charge is -2.30. The second-order valence-corrected chi connectivity index (χ2v) is 18.0. The minimum Gasteiger partial charge on any atom is -0.309 e. The van der Waals surface area contributed by atoms with Crippen LogP contribution in [-0.2, 0) is 5.41 Å². The number of nitrogens with zero attached hydrogens (tertiary/aromatic N) is 2. The van der Waals surface area contributed by atoms with Gasteiger partial charge >= 0.3 is 0 Å². The molecular weight excluding hydrogens is 836 g/mol. The van der Waals surface area contributed by atoms with Crippen LogP contribution in [0.5, 0.6) is 0 Å². The Labute approximate surface area is 355 Å². The summed E-state index contributed by atoms with van der Waals surface area (Å²) in [5, 5.41) is 7.53. The van der Waals surface area contributed by atoms with Crippen LogP contribution in [-0.4, -0.2) is 4.57 Å². The maximum atomic E-state index is 2.49. The van der Waals surface area contributed by atoms with Crippen molar-refractivity contribution in [3.8, 4) is 27.9 Å². The van der Waals surface area contributed by atoms with Crippen molar-refractivity contribution in [2.24, 2.45) is 0 Å². The molecule has 0 unspecified atom stereocenters. The molecule has 0 saturated heterocycles. The van der Waals surface area contributed by atoms with E-state index in [-0.39, 0.29) is 5.41 Å². The van der Waals surface area contributed by atoms with Crippen LogP contribution in [0.25, 0.3) is 71.3 Å². The molecule has 0 aliphatic heterocycles. The Morgan fingerprint density at radius 3 is 2.00 bits per heavy atom. The molecule has 278 valence electrons. The fourth-order valence-electron chi connectivity index (χ4n) is 9.56. The molecule has 0 radical (unpaired) electrons. The van der Waals surface area contributed by atoms with Gasteiger partial charge in [-0.05, 0) is 124 Å². The van der Waals surface area contributed by atoms with Crippen LogP contribution < -0.4 is 4.90 Å². The fourth-order valence-corrected chi connectivity index (χ4v) is 10.7. The van der Waals surface area contributed by atoms with E-state index in [1.165, 1.54) is 104 Å². The van der Waals surface area contributed by atoms with Crippen molar-refractivity contribution in [2.45, 2.75) is 31.1 Å². The number of benzene rings is 9. The first-order valence-electron chi connectivity index (χ1n) is 19.9. The van der Waals surface area contributed by atoms with Gasteiger partial charge in [-0.3, -0.25) is 0 Å². The van der Waals surface area contributed by atoms with Crippen molar-refractivity contribution in [1.29, 1.82) is 0 Å². The molecule has 11 rings (SSSR count). The lowest BCUT2D eigenvalue weighted by atomic mass is 9.81. The number of hydrogen-bond acceptors (Lipinski definition) is 2. The molecule has 58 heavy (non-hydrogen) atoms. The number of aromatic nitrogens is 1. The molecule has 1 aliphatic rings. The van der Waals surface area contributed by atoms with E-state index in [0.29, 0.717) is 0 Å². The third-order valence-corrected chi connectivity index (χ3v) is 14.3. The van der Waals surface area contributed by atoms with Crippen LogP contribution in [0.1, 0.15) is 30.5 Å². The molecule has 0 bridgehead atoms. The second-order valence-electron chi connectivity index (χ2n) is 16.1. The molecule has 0 spiro atoms. The molecular formula is C54H39IN2S. The summed E-state index contributed by atoms with van der Waals surface area (Å²) < 4.78 is 2.47. The zero-order chi connectivity index (χ0) is 39.1. The van der Waals surface area contributed by atoms with Crippen LogP contribution in [0.15, 0.2) is 187 Å². The first-order chi connectivity index (χ1) is 28.4. The topological polar surface area (TPSA) is 8.17 Å². The Hall–Kier alpha value is -5.82. The standard InChI is InChI=1S/C54H39IN2S/c1-34-20-28-50-45(30-34)46-31-37(35-12-5-4-6-13-35)21-29-51(46)57(50)39-24-27-44-47(32-39)54(2,3)48-33-52(42-17-9-10-18-43(42)53(44)48)56(38-22-25-40(58-55)26-23-38)49-19-11-15-36-14-7-8-16-41(36)49/h4-33H,1-3H3. The van der Waals surface area contributed by atoms with Gasteiger partial charge in [0.1, 0.15) is 0 Å². The summed E-state index contributed by atoms with van der Waals surface area (Å²) in [5.74, 6) is 0. The molecule has 1 aromatic heterocycles. The third kappa shape index (κ3) is 5.45. The first-order valence-corrected chi connectivity index (χ1v) is 23.2. The highest BCUT2D eigenvalue weighted by atomic mass is 127. The van der Waals surface area contributed by atoms with Crippen LogP contribution in [0.2, 0.25) is 0 Å². The number of hydrogen-bond donors (Lipinski definition) is 0. The van der Waals surface area contributed by atoms with Gasteiger partial charge in [0.05, 0.1) is 22.4 Å². The molecule has 10 aromatic rings. The van der Waals surface area contributed by atoms with Gasteiger partial charge in [0, 0.05) is 64.4 Å². The molecule has 0 amide bonds. The predicted molar refractivity (Wildman–Crippen MR) is 258 cm³/mol. The largest absolute Gasteiger partial charge is 0.309 e. The minimum absolute atomic E-state index is 0.262. The Morgan fingerprint density at radius 2 is 1.21 bits per heavy atom. The molecule has 0 atom stereocenters. The highest BCUT2D eigenvalue weighted by Crippen LogP contribution is 2.55. The maximum absolute atomic E-state index is 2.49. The van der Waals surface area contributed by atoms with Gasteiger partial charge in [-0.1, -0.05) is 138 Å². The van der Waals surface area contributed by atoms with Gasteiger partial charge in [-0.15, -0.1) is 0 Å². The average Bonchev–Trinajstić information content (AvgIpc) is 3.71. The number of anilines is 3. The minimum atomic E-state index is -0.262. The van der Waals surface area contributed by atoms with Crippen molar-refractivity contribution in [3.05, 3.63) is 199 Å². The average molecular weight is 875 g/mol. The van der Waals surface area contributed by atoms with E-state index >= 15 is 0 Å². The van der Waals surface area contributed by atoms with E-state index in [4.69, 9.17) is 0 Å². The van der Waals surface area contributed by atoms with Gasteiger partial charge in [0.2, 0.25) is 0 Å². The molecule has 4 heteroatoms. The van der Waals surface area contributed by atoms with Crippen LogP contribution in [0.4, 0.5) is 17.1 Å². The summed E-state index contributed by atoms with van der Waals surface area (Å²) in [4.78, 5) is 3.73. The summed E-state index contributed by atoms with van der Waals surface area (Å²) >= 11 is 2.37. The Kier molecular flexibility index (Phi) is 8.32. The van der Waals surface area contributed by atoms with Gasteiger partial charge < -0.3 is 9.47 Å². The third-order valence-electron chi connectivity index (χ3n) is 12.4. The summed E-state index contributed by atoms with van der Waals surface area (Å²) in [5.41, 5.74) is 16.0.